The molecule has 8 heteroatoms. The first-order valence-electron chi connectivity index (χ1n) is 9.62. The maximum Gasteiger partial charge on any atom is 0.409 e. The summed E-state index contributed by atoms with van der Waals surface area (Å²) < 4.78 is 10.3. The van der Waals surface area contributed by atoms with E-state index in [4.69, 9.17) is 9.47 Å². The van der Waals surface area contributed by atoms with E-state index in [1.165, 1.54) is 7.11 Å². The minimum Gasteiger partial charge on any atom is -0.453 e. The molecular weight excluding hydrogens is 382 g/mol. The Morgan fingerprint density at radius 2 is 1.75 bits per heavy atom. The van der Waals surface area contributed by atoms with Gasteiger partial charge in [0.25, 0.3) is 0 Å². The zero-order chi connectivity index (χ0) is 19.1. The highest BCUT2D eigenvalue weighted by Gasteiger charge is 2.41. The van der Waals surface area contributed by atoms with Crippen molar-refractivity contribution in [3.05, 3.63) is 35.9 Å². The maximum absolute atomic E-state index is 13.1. The standard InChI is InChI=1S/C20H29N3O4.ClH/c1-26-19(25)23-13-11-22(12-14-23)10-9-21-18(24)20(7-15-27-16-8-20)17-5-3-2-4-6-17;/h2-6H,7-16H2,1H3,(H,21,24);1H. The van der Waals surface area contributed by atoms with Crippen LogP contribution in [0.1, 0.15) is 18.4 Å². The highest BCUT2D eigenvalue weighted by molar-refractivity contribution is 5.88. The van der Waals surface area contributed by atoms with Gasteiger partial charge >= 0.3 is 6.09 Å². The van der Waals surface area contributed by atoms with Crippen LogP contribution in [-0.2, 0) is 19.7 Å². The molecule has 2 saturated heterocycles. The van der Waals surface area contributed by atoms with Crippen LogP contribution in [0.15, 0.2) is 30.3 Å². The molecular formula is C20H30ClN3O4. The number of hydrogen-bond acceptors (Lipinski definition) is 5. The van der Waals surface area contributed by atoms with Gasteiger partial charge in [-0.15, -0.1) is 12.4 Å². The molecule has 2 aliphatic heterocycles. The van der Waals surface area contributed by atoms with Crippen LogP contribution >= 0.6 is 12.4 Å². The SMILES string of the molecule is COC(=O)N1CCN(CCNC(=O)C2(c3ccccc3)CCOCC2)CC1.Cl. The third-order valence-corrected chi connectivity index (χ3v) is 5.63. The zero-order valence-corrected chi connectivity index (χ0v) is 17.2. The number of amides is 2. The third-order valence-electron chi connectivity index (χ3n) is 5.63. The van der Waals surface area contributed by atoms with Crippen molar-refractivity contribution in [2.75, 3.05) is 59.6 Å². The lowest BCUT2D eigenvalue weighted by Crippen LogP contribution is -2.52. The van der Waals surface area contributed by atoms with Crippen LogP contribution in [-0.4, -0.2) is 81.4 Å². The van der Waals surface area contributed by atoms with Gasteiger partial charge < -0.3 is 19.7 Å². The summed E-state index contributed by atoms with van der Waals surface area (Å²) in [6.45, 7) is 5.51. The van der Waals surface area contributed by atoms with E-state index in [1.54, 1.807) is 4.90 Å². The lowest BCUT2D eigenvalue weighted by molar-refractivity contribution is -0.130. The van der Waals surface area contributed by atoms with Crippen molar-refractivity contribution >= 4 is 24.4 Å². The van der Waals surface area contributed by atoms with Crippen LogP contribution in [0, 0.1) is 0 Å². The highest BCUT2D eigenvalue weighted by Crippen LogP contribution is 2.35. The highest BCUT2D eigenvalue weighted by atomic mass is 35.5. The Hall–Kier alpha value is -1.83. The van der Waals surface area contributed by atoms with Gasteiger partial charge in [-0.05, 0) is 18.4 Å². The van der Waals surface area contributed by atoms with Gasteiger partial charge in [-0.2, -0.15) is 0 Å². The summed E-state index contributed by atoms with van der Waals surface area (Å²) in [5.74, 6) is 0.0881. The summed E-state index contributed by atoms with van der Waals surface area (Å²) in [7, 11) is 1.41. The zero-order valence-electron chi connectivity index (χ0n) is 16.4. The Balaban J connectivity index is 0.00000280. The summed E-state index contributed by atoms with van der Waals surface area (Å²) in [5.41, 5.74) is 0.570. The van der Waals surface area contributed by atoms with Gasteiger partial charge in [0.2, 0.25) is 5.91 Å². The van der Waals surface area contributed by atoms with Crippen LogP contribution < -0.4 is 5.32 Å². The van der Waals surface area contributed by atoms with Gasteiger partial charge in [0.1, 0.15) is 0 Å². The molecule has 2 amide bonds. The number of hydrogen-bond donors (Lipinski definition) is 1. The molecule has 0 bridgehead atoms. The van der Waals surface area contributed by atoms with Crippen LogP contribution in [0.2, 0.25) is 0 Å². The van der Waals surface area contributed by atoms with Crippen molar-refractivity contribution in [1.29, 1.82) is 0 Å². The number of carbonyl (C=O) groups excluding carboxylic acids is 2. The molecule has 2 aliphatic rings. The summed E-state index contributed by atoms with van der Waals surface area (Å²) in [6, 6.07) is 10.0. The summed E-state index contributed by atoms with van der Waals surface area (Å²) >= 11 is 0. The lowest BCUT2D eigenvalue weighted by Gasteiger charge is -2.37. The molecule has 2 fully saturated rings. The molecule has 1 N–H and O–H groups in total. The van der Waals surface area contributed by atoms with Crippen LogP contribution in [0.3, 0.4) is 0 Å². The molecule has 0 saturated carbocycles. The predicted octanol–water partition coefficient (Wildman–Crippen LogP) is 1.66. The smallest absolute Gasteiger partial charge is 0.409 e. The number of halogens is 1. The van der Waals surface area contributed by atoms with E-state index < -0.39 is 5.41 Å². The molecule has 0 aliphatic carbocycles. The van der Waals surface area contributed by atoms with Gasteiger partial charge in [-0.3, -0.25) is 9.69 Å². The Morgan fingerprint density at radius 3 is 2.36 bits per heavy atom. The Kier molecular flexibility index (Phi) is 8.54. The molecule has 2 heterocycles. The number of rotatable bonds is 5. The molecule has 0 aromatic heterocycles. The molecule has 156 valence electrons. The molecule has 28 heavy (non-hydrogen) atoms. The van der Waals surface area contributed by atoms with Gasteiger partial charge in [-0.25, -0.2) is 4.79 Å². The van der Waals surface area contributed by atoms with Crippen LogP contribution in [0.4, 0.5) is 4.79 Å². The molecule has 0 radical (unpaired) electrons. The molecule has 0 unspecified atom stereocenters. The van der Waals surface area contributed by atoms with E-state index in [0.717, 1.165) is 25.2 Å². The first-order valence-corrected chi connectivity index (χ1v) is 9.62. The quantitative estimate of drug-likeness (QED) is 0.797. The fourth-order valence-corrected chi connectivity index (χ4v) is 3.90. The number of benzene rings is 1. The number of carbonyl (C=O) groups is 2. The topological polar surface area (TPSA) is 71.1 Å². The van der Waals surface area contributed by atoms with E-state index in [-0.39, 0.29) is 24.4 Å². The van der Waals surface area contributed by atoms with Crippen LogP contribution in [0.25, 0.3) is 0 Å². The fourth-order valence-electron chi connectivity index (χ4n) is 3.90. The molecule has 0 spiro atoms. The van der Waals surface area contributed by atoms with Crippen molar-refractivity contribution in [3.8, 4) is 0 Å². The van der Waals surface area contributed by atoms with Gasteiger partial charge in [-0.1, -0.05) is 30.3 Å². The van der Waals surface area contributed by atoms with E-state index in [2.05, 4.69) is 10.2 Å². The average molecular weight is 412 g/mol. The number of ether oxygens (including phenoxy) is 2. The maximum atomic E-state index is 13.1. The molecule has 7 nitrogen and oxygen atoms in total. The summed E-state index contributed by atoms with van der Waals surface area (Å²) in [6.07, 6.45) is 1.15. The van der Waals surface area contributed by atoms with Crippen molar-refractivity contribution in [2.45, 2.75) is 18.3 Å². The van der Waals surface area contributed by atoms with Crippen LogP contribution in [0.5, 0.6) is 0 Å². The second kappa shape index (κ2) is 10.6. The predicted molar refractivity (Wildman–Crippen MR) is 109 cm³/mol. The largest absolute Gasteiger partial charge is 0.453 e. The Bertz CT molecular complexity index is 630. The minimum absolute atomic E-state index is 0. The van der Waals surface area contributed by atoms with Crippen molar-refractivity contribution in [3.63, 3.8) is 0 Å². The first kappa shape index (κ1) is 22.5. The fraction of sp³-hybridized carbons (Fsp3) is 0.600. The Labute approximate surface area is 172 Å². The summed E-state index contributed by atoms with van der Waals surface area (Å²) in [5, 5.41) is 3.14. The summed E-state index contributed by atoms with van der Waals surface area (Å²) in [4.78, 5) is 28.6. The molecule has 3 rings (SSSR count). The number of nitrogens with zero attached hydrogens (tertiary/aromatic N) is 2. The van der Waals surface area contributed by atoms with E-state index in [0.29, 0.717) is 45.7 Å². The normalized spacial score (nSPS) is 19.4. The Morgan fingerprint density at radius 1 is 1.11 bits per heavy atom. The van der Waals surface area contributed by atoms with E-state index >= 15 is 0 Å². The molecule has 1 aromatic rings. The average Bonchev–Trinajstić information content (AvgIpc) is 2.74. The van der Waals surface area contributed by atoms with Crippen molar-refractivity contribution in [1.82, 2.24) is 15.1 Å². The van der Waals surface area contributed by atoms with Crippen molar-refractivity contribution in [2.24, 2.45) is 0 Å². The molecule has 1 aromatic carbocycles. The second-order valence-electron chi connectivity index (χ2n) is 7.12. The van der Waals surface area contributed by atoms with E-state index in [1.807, 2.05) is 30.3 Å². The van der Waals surface area contributed by atoms with Gasteiger partial charge in [0, 0.05) is 52.5 Å². The lowest BCUT2D eigenvalue weighted by atomic mass is 9.73. The number of methoxy groups -OCH3 is 1. The second-order valence-corrected chi connectivity index (χ2v) is 7.12. The van der Waals surface area contributed by atoms with Gasteiger partial charge in [0.05, 0.1) is 12.5 Å². The third kappa shape index (κ3) is 5.16. The van der Waals surface area contributed by atoms with Gasteiger partial charge in [0.15, 0.2) is 0 Å². The number of piperazine rings is 1. The van der Waals surface area contributed by atoms with E-state index in [9.17, 15) is 9.59 Å². The monoisotopic (exact) mass is 411 g/mol. The van der Waals surface area contributed by atoms with Crippen molar-refractivity contribution < 1.29 is 19.1 Å². The first-order chi connectivity index (χ1) is 13.2. The molecule has 0 atom stereocenters. The minimum atomic E-state index is -0.497. The number of nitrogens with one attached hydrogen (secondary N) is 1.